The molecule has 2 amide bonds. The van der Waals surface area contributed by atoms with E-state index in [1.807, 2.05) is 0 Å². The van der Waals surface area contributed by atoms with Gasteiger partial charge in [-0.3, -0.25) is 13.9 Å². The number of nitrogens with zero attached hydrogens (tertiary/aromatic N) is 2. The first-order valence-corrected chi connectivity index (χ1v) is 15.4. The van der Waals surface area contributed by atoms with Crippen LogP contribution >= 0.6 is 11.6 Å². The molecule has 0 spiro atoms. The second-order valence-electron chi connectivity index (χ2n) is 11.3. The normalized spacial score (nSPS) is 12.8. The number of carbonyl (C=O) groups is 2. The number of methoxy groups -OCH3 is 1. The van der Waals surface area contributed by atoms with Crippen molar-refractivity contribution in [3.8, 4) is 5.75 Å². The summed E-state index contributed by atoms with van der Waals surface area (Å²) in [6.07, 6.45) is -4.89. The summed E-state index contributed by atoms with van der Waals surface area (Å²) in [6, 6.07) is 13.9. The highest BCUT2D eigenvalue weighted by atomic mass is 35.5. The molecule has 0 unspecified atom stereocenters. The van der Waals surface area contributed by atoms with Crippen molar-refractivity contribution in [1.82, 2.24) is 10.2 Å². The molecule has 0 radical (unpaired) electrons. The molecule has 0 aliphatic heterocycles. The fourth-order valence-corrected chi connectivity index (χ4v) is 5.91. The van der Waals surface area contributed by atoms with E-state index in [0.717, 1.165) is 17.7 Å². The van der Waals surface area contributed by atoms with Crippen LogP contribution in [0.15, 0.2) is 71.6 Å². The number of ether oxygens (including phenoxy) is 1. The standard InChI is InChI=1S/C31H35ClF3N3O5S/c1-20-10-13-25(14-11-20)44(41,42)38(23-12-15-27(32)26(17-23)31(33,34)35)19-28(39)37(21(2)29(40)36-30(3,4)5)18-22-8-7-9-24(16-22)43-6/h7-17,21H,18-19H2,1-6H3,(H,36,40)/t21-/m0/s1. The molecule has 0 aliphatic rings. The Kier molecular flexibility index (Phi) is 10.6. The Hall–Kier alpha value is -3.77. The van der Waals surface area contributed by atoms with Crippen molar-refractivity contribution in [1.29, 1.82) is 0 Å². The maximum atomic E-state index is 14.0. The fraction of sp³-hybridized carbons (Fsp3) is 0.355. The number of hydrogen-bond donors (Lipinski definition) is 1. The molecular formula is C31H35ClF3N3O5S. The maximum absolute atomic E-state index is 14.0. The number of alkyl halides is 3. The van der Waals surface area contributed by atoms with Crippen molar-refractivity contribution in [2.24, 2.45) is 0 Å². The predicted octanol–water partition coefficient (Wildman–Crippen LogP) is 6.20. The number of anilines is 1. The summed E-state index contributed by atoms with van der Waals surface area (Å²) in [5.41, 5.74) is -1.01. The van der Waals surface area contributed by atoms with Crippen LogP contribution in [0.4, 0.5) is 18.9 Å². The molecule has 1 atom stereocenters. The van der Waals surface area contributed by atoms with Gasteiger partial charge in [0.2, 0.25) is 11.8 Å². The van der Waals surface area contributed by atoms with Crippen LogP contribution in [0.5, 0.6) is 5.75 Å². The van der Waals surface area contributed by atoms with E-state index in [0.29, 0.717) is 21.7 Å². The Balaban J connectivity index is 2.14. The topological polar surface area (TPSA) is 96.0 Å². The lowest BCUT2D eigenvalue weighted by molar-refractivity contribution is -0.140. The van der Waals surface area contributed by atoms with Gasteiger partial charge in [-0.1, -0.05) is 41.4 Å². The van der Waals surface area contributed by atoms with Crippen LogP contribution in [0.1, 0.15) is 44.4 Å². The largest absolute Gasteiger partial charge is 0.497 e. The highest BCUT2D eigenvalue weighted by molar-refractivity contribution is 7.92. The molecule has 0 aliphatic carbocycles. The van der Waals surface area contributed by atoms with Crippen molar-refractivity contribution < 1.29 is 35.9 Å². The molecule has 0 saturated carbocycles. The fourth-order valence-electron chi connectivity index (χ4n) is 4.28. The minimum Gasteiger partial charge on any atom is -0.497 e. The molecule has 1 N–H and O–H groups in total. The van der Waals surface area contributed by atoms with Crippen molar-refractivity contribution in [3.63, 3.8) is 0 Å². The Labute approximate surface area is 260 Å². The van der Waals surface area contributed by atoms with Gasteiger partial charge in [-0.2, -0.15) is 13.2 Å². The number of benzene rings is 3. The molecule has 0 bridgehead atoms. The number of nitrogens with one attached hydrogen (secondary N) is 1. The molecule has 3 aromatic carbocycles. The number of halogens is 4. The number of hydrogen-bond acceptors (Lipinski definition) is 5. The van der Waals surface area contributed by atoms with Gasteiger partial charge in [0.05, 0.1) is 28.3 Å². The molecule has 13 heteroatoms. The van der Waals surface area contributed by atoms with Crippen LogP contribution in [0.25, 0.3) is 0 Å². The zero-order chi connectivity index (χ0) is 33.0. The van der Waals surface area contributed by atoms with Gasteiger partial charge in [-0.15, -0.1) is 0 Å². The summed E-state index contributed by atoms with van der Waals surface area (Å²) < 4.78 is 75.1. The van der Waals surface area contributed by atoms with Crippen LogP contribution in [0.3, 0.4) is 0 Å². The monoisotopic (exact) mass is 653 g/mol. The molecule has 0 fully saturated rings. The zero-order valence-electron chi connectivity index (χ0n) is 25.2. The molecule has 0 aromatic heterocycles. The highest BCUT2D eigenvalue weighted by Gasteiger charge is 2.37. The Morgan fingerprint density at radius 3 is 2.20 bits per heavy atom. The van der Waals surface area contributed by atoms with Gasteiger partial charge >= 0.3 is 6.18 Å². The van der Waals surface area contributed by atoms with Crippen molar-refractivity contribution in [2.75, 3.05) is 18.0 Å². The van der Waals surface area contributed by atoms with E-state index in [-0.39, 0.29) is 11.4 Å². The van der Waals surface area contributed by atoms with Gasteiger partial charge in [0.25, 0.3) is 10.0 Å². The van der Waals surface area contributed by atoms with Gasteiger partial charge in [-0.05, 0) is 82.6 Å². The van der Waals surface area contributed by atoms with Gasteiger partial charge in [0.1, 0.15) is 18.3 Å². The average molecular weight is 654 g/mol. The number of carbonyl (C=O) groups excluding carboxylic acids is 2. The van der Waals surface area contributed by atoms with Gasteiger partial charge < -0.3 is 15.0 Å². The molecule has 3 rings (SSSR count). The predicted molar refractivity (Wildman–Crippen MR) is 163 cm³/mol. The van der Waals surface area contributed by atoms with E-state index >= 15 is 0 Å². The highest BCUT2D eigenvalue weighted by Crippen LogP contribution is 2.38. The first-order valence-electron chi connectivity index (χ1n) is 13.5. The van der Waals surface area contributed by atoms with Crippen LogP contribution in [0.2, 0.25) is 5.02 Å². The third kappa shape index (κ3) is 8.66. The Morgan fingerprint density at radius 2 is 1.64 bits per heavy atom. The molecule has 238 valence electrons. The zero-order valence-corrected chi connectivity index (χ0v) is 26.8. The van der Waals surface area contributed by atoms with Crippen LogP contribution in [0, 0.1) is 6.92 Å². The smallest absolute Gasteiger partial charge is 0.417 e. The summed E-state index contributed by atoms with van der Waals surface area (Å²) in [5.74, 6) is -0.845. The lowest BCUT2D eigenvalue weighted by atomic mass is 10.1. The van der Waals surface area contributed by atoms with Crippen LogP contribution < -0.4 is 14.4 Å². The lowest BCUT2D eigenvalue weighted by Gasteiger charge is -2.33. The second-order valence-corrected chi connectivity index (χ2v) is 13.5. The quantitative estimate of drug-likeness (QED) is 0.281. The van der Waals surface area contributed by atoms with E-state index in [1.165, 1.54) is 43.2 Å². The first-order chi connectivity index (χ1) is 20.3. The minimum atomic E-state index is -4.89. The van der Waals surface area contributed by atoms with Gasteiger partial charge in [0, 0.05) is 12.1 Å². The maximum Gasteiger partial charge on any atom is 0.417 e. The molecule has 8 nitrogen and oxygen atoms in total. The molecule has 44 heavy (non-hydrogen) atoms. The van der Waals surface area contributed by atoms with E-state index in [9.17, 15) is 31.2 Å². The number of rotatable bonds is 10. The van der Waals surface area contributed by atoms with Gasteiger partial charge in [-0.25, -0.2) is 8.42 Å². The van der Waals surface area contributed by atoms with Crippen molar-refractivity contribution in [2.45, 2.75) is 63.8 Å². The number of sulfonamides is 1. The summed E-state index contributed by atoms with van der Waals surface area (Å²) in [7, 11) is -3.11. The number of amides is 2. The molecule has 0 heterocycles. The molecule has 0 saturated heterocycles. The van der Waals surface area contributed by atoms with Crippen LogP contribution in [-0.4, -0.2) is 50.4 Å². The van der Waals surface area contributed by atoms with E-state index in [4.69, 9.17) is 16.3 Å². The Morgan fingerprint density at radius 1 is 1.00 bits per heavy atom. The Bertz CT molecular complexity index is 1610. The third-order valence-corrected chi connectivity index (χ3v) is 8.70. The average Bonchev–Trinajstić information content (AvgIpc) is 2.93. The molecular weight excluding hydrogens is 619 g/mol. The SMILES string of the molecule is COc1cccc(CN(C(=O)CN(c2ccc(Cl)c(C(F)(F)F)c2)S(=O)(=O)c2ccc(C)cc2)[C@@H](C)C(=O)NC(C)(C)C)c1. The first kappa shape index (κ1) is 34.7. The second kappa shape index (κ2) is 13.5. The summed E-state index contributed by atoms with van der Waals surface area (Å²) in [4.78, 5) is 28.2. The summed E-state index contributed by atoms with van der Waals surface area (Å²) in [5, 5.41) is 2.18. The number of aryl methyl sites for hydroxylation is 1. The van der Waals surface area contributed by atoms with Crippen molar-refractivity contribution in [3.05, 3.63) is 88.4 Å². The van der Waals surface area contributed by atoms with Gasteiger partial charge in [0.15, 0.2) is 0 Å². The van der Waals surface area contributed by atoms with E-state index in [2.05, 4.69) is 5.32 Å². The summed E-state index contributed by atoms with van der Waals surface area (Å²) in [6.45, 7) is 7.49. The lowest BCUT2D eigenvalue weighted by Crippen LogP contribution is -2.54. The summed E-state index contributed by atoms with van der Waals surface area (Å²) >= 11 is 5.82. The molecule has 3 aromatic rings. The van der Waals surface area contributed by atoms with Crippen LogP contribution in [-0.2, 0) is 32.3 Å². The van der Waals surface area contributed by atoms with Crippen molar-refractivity contribution >= 4 is 39.1 Å². The van der Waals surface area contributed by atoms with E-state index in [1.54, 1.807) is 52.0 Å². The minimum absolute atomic E-state index is 0.123. The third-order valence-electron chi connectivity index (χ3n) is 6.58. The van der Waals surface area contributed by atoms with E-state index < -0.39 is 62.4 Å².